The van der Waals surface area contributed by atoms with E-state index in [1.54, 1.807) is 29.6 Å². The van der Waals surface area contributed by atoms with Crippen molar-refractivity contribution in [1.29, 1.82) is 0 Å². The molecule has 0 bridgehead atoms. The summed E-state index contributed by atoms with van der Waals surface area (Å²) in [5, 5.41) is 7.01. The summed E-state index contributed by atoms with van der Waals surface area (Å²) in [7, 11) is -3.71. The van der Waals surface area contributed by atoms with Gasteiger partial charge < -0.3 is 11.2 Å². The van der Waals surface area contributed by atoms with Gasteiger partial charge in [0, 0.05) is 17.1 Å². The Kier molecular flexibility index (Phi) is 6.40. The number of nitrogens with zero attached hydrogens (tertiary/aromatic N) is 2. The Bertz CT molecular complexity index is 1090. The zero-order chi connectivity index (χ0) is 20.1. The third-order valence-electron chi connectivity index (χ3n) is 3.58. The van der Waals surface area contributed by atoms with E-state index in [-0.39, 0.29) is 10.7 Å². The summed E-state index contributed by atoms with van der Waals surface area (Å²) >= 11 is 13.0. The van der Waals surface area contributed by atoms with Crippen LogP contribution in [0.1, 0.15) is 11.1 Å². The van der Waals surface area contributed by atoms with E-state index in [2.05, 4.69) is 20.2 Å². The van der Waals surface area contributed by atoms with Crippen molar-refractivity contribution in [2.75, 3.05) is 4.72 Å². The molecule has 7 nitrogen and oxygen atoms in total. The van der Waals surface area contributed by atoms with Crippen molar-refractivity contribution in [1.82, 2.24) is 10.4 Å². The number of anilines is 1. The number of amidine groups is 1. The van der Waals surface area contributed by atoms with E-state index in [0.717, 1.165) is 5.56 Å². The van der Waals surface area contributed by atoms with E-state index in [0.29, 0.717) is 27.3 Å². The Morgan fingerprint density at radius 1 is 1.14 bits per heavy atom. The maximum absolute atomic E-state index is 12.3. The van der Waals surface area contributed by atoms with Crippen molar-refractivity contribution >= 4 is 55.5 Å². The number of rotatable bonds is 7. The van der Waals surface area contributed by atoms with Gasteiger partial charge in [0.15, 0.2) is 11.0 Å². The van der Waals surface area contributed by atoms with Crippen LogP contribution in [0.5, 0.6) is 0 Å². The van der Waals surface area contributed by atoms with Gasteiger partial charge in [-0.05, 0) is 42.0 Å². The van der Waals surface area contributed by atoms with Crippen molar-refractivity contribution in [2.24, 2.45) is 10.8 Å². The Morgan fingerprint density at radius 2 is 1.89 bits per heavy atom. The zero-order valence-electron chi connectivity index (χ0n) is 14.3. The number of nitrogens with two attached hydrogens (primary N) is 1. The summed E-state index contributed by atoms with van der Waals surface area (Å²) in [6.07, 6.45) is 1.52. The van der Waals surface area contributed by atoms with Crippen LogP contribution >= 0.6 is 34.5 Å². The number of hydrogen-bond donors (Lipinski definition) is 3. The van der Waals surface area contributed by atoms with E-state index in [9.17, 15) is 8.42 Å². The molecule has 0 saturated heterocycles. The van der Waals surface area contributed by atoms with Crippen molar-refractivity contribution in [2.45, 2.75) is 11.4 Å². The van der Waals surface area contributed by atoms with Gasteiger partial charge in [-0.25, -0.2) is 13.4 Å². The van der Waals surface area contributed by atoms with Crippen molar-refractivity contribution < 1.29 is 8.42 Å². The summed E-state index contributed by atoms with van der Waals surface area (Å²) < 4.78 is 27.1. The largest absolute Gasteiger partial charge is 0.382 e. The minimum atomic E-state index is -3.71. The molecule has 0 fully saturated rings. The molecule has 0 aliphatic rings. The maximum atomic E-state index is 12.3. The predicted molar refractivity (Wildman–Crippen MR) is 113 cm³/mol. The molecule has 0 saturated carbocycles. The lowest BCUT2D eigenvalue weighted by Crippen LogP contribution is -2.19. The number of nitrogens with one attached hydrogen (secondary N) is 2. The van der Waals surface area contributed by atoms with Crippen LogP contribution in [0, 0.1) is 0 Å². The Morgan fingerprint density at radius 3 is 2.54 bits per heavy atom. The minimum Gasteiger partial charge on any atom is -0.382 e. The zero-order valence-corrected chi connectivity index (χ0v) is 17.4. The fraction of sp³-hybridized carbons (Fsp3) is 0.0588. The standard InChI is InChI=1S/C17H15Cl2N5O2S2/c18-14-6-1-11(9-15(14)19)10-22-23-16(20)12-2-4-13(5-3-12)28(25,26)24-17-21-7-8-27-17/h1-9,22H,10H2,(H2,20,23)(H,21,24). The number of aromatic nitrogens is 1. The maximum Gasteiger partial charge on any atom is 0.263 e. The summed E-state index contributed by atoms with van der Waals surface area (Å²) in [6, 6.07) is 11.3. The van der Waals surface area contributed by atoms with Crippen molar-refractivity contribution in [3.8, 4) is 0 Å². The highest BCUT2D eigenvalue weighted by atomic mass is 35.5. The highest BCUT2D eigenvalue weighted by Crippen LogP contribution is 2.22. The topological polar surface area (TPSA) is 109 Å². The first-order valence-corrected chi connectivity index (χ1v) is 11.0. The number of benzene rings is 2. The Balaban J connectivity index is 1.64. The minimum absolute atomic E-state index is 0.100. The molecule has 2 aromatic carbocycles. The third-order valence-corrected chi connectivity index (χ3v) is 6.49. The molecule has 3 aromatic rings. The quantitative estimate of drug-likeness (QED) is 0.286. The Labute approximate surface area is 176 Å². The second-order valence-corrected chi connectivity index (χ2v) is 8.94. The SMILES string of the molecule is NC(=NNCc1ccc(Cl)c(Cl)c1)c1ccc(S(=O)(=O)Nc2nccs2)cc1. The first-order valence-electron chi connectivity index (χ1n) is 7.88. The van der Waals surface area contributed by atoms with Crippen LogP contribution in [-0.2, 0) is 16.6 Å². The monoisotopic (exact) mass is 455 g/mol. The second kappa shape index (κ2) is 8.78. The van der Waals surface area contributed by atoms with Gasteiger partial charge in [-0.15, -0.1) is 11.3 Å². The number of sulfonamides is 1. The van der Waals surface area contributed by atoms with Gasteiger partial charge in [0.25, 0.3) is 10.0 Å². The Hall–Kier alpha value is -2.33. The van der Waals surface area contributed by atoms with Gasteiger partial charge in [0.1, 0.15) is 0 Å². The van der Waals surface area contributed by atoms with E-state index in [4.69, 9.17) is 28.9 Å². The van der Waals surface area contributed by atoms with Crippen LogP contribution in [0.4, 0.5) is 5.13 Å². The average molecular weight is 456 g/mol. The van der Waals surface area contributed by atoms with Crippen LogP contribution in [-0.4, -0.2) is 19.2 Å². The van der Waals surface area contributed by atoms with Gasteiger partial charge in [-0.3, -0.25) is 4.72 Å². The van der Waals surface area contributed by atoms with Gasteiger partial charge in [-0.2, -0.15) is 5.10 Å². The summed E-state index contributed by atoms with van der Waals surface area (Å²) in [5.41, 5.74) is 10.3. The summed E-state index contributed by atoms with van der Waals surface area (Å²) in [5.74, 6) is 0.219. The molecular formula is C17H15Cl2N5O2S2. The predicted octanol–water partition coefficient (Wildman–Crippen LogP) is 3.66. The molecule has 1 heterocycles. The lowest BCUT2D eigenvalue weighted by molar-refractivity contribution is 0.601. The number of hydrogen-bond acceptors (Lipinski definition) is 6. The smallest absolute Gasteiger partial charge is 0.263 e. The number of thiazole rings is 1. The van der Waals surface area contributed by atoms with Crippen molar-refractivity contribution in [3.05, 3.63) is 75.2 Å². The number of hydrazone groups is 1. The van der Waals surface area contributed by atoms with E-state index in [1.165, 1.54) is 29.7 Å². The normalized spacial score (nSPS) is 12.0. The molecule has 0 aliphatic heterocycles. The fourth-order valence-electron chi connectivity index (χ4n) is 2.18. The molecule has 0 radical (unpaired) electrons. The van der Waals surface area contributed by atoms with Gasteiger partial charge >= 0.3 is 0 Å². The molecule has 0 atom stereocenters. The van der Waals surface area contributed by atoms with Gasteiger partial charge in [0.05, 0.1) is 21.5 Å². The molecule has 0 unspecified atom stereocenters. The lowest BCUT2D eigenvalue weighted by atomic mass is 10.2. The lowest BCUT2D eigenvalue weighted by Gasteiger charge is -2.07. The molecule has 146 valence electrons. The highest BCUT2D eigenvalue weighted by molar-refractivity contribution is 7.93. The van der Waals surface area contributed by atoms with Crippen LogP contribution in [0.2, 0.25) is 10.0 Å². The van der Waals surface area contributed by atoms with Crippen LogP contribution in [0.3, 0.4) is 0 Å². The van der Waals surface area contributed by atoms with Gasteiger partial charge in [-0.1, -0.05) is 29.3 Å². The average Bonchev–Trinajstić information content (AvgIpc) is 3.17. The van der Waals surface area contributed by atoms with Gasteiger partial charge in [0.2, 0.25) is 0 Å². The van der Waals surface area contributed by atoms with E-state index < -0.39 is 10.0 Å². The third kappa shape index (κ3) is 5.14. The highest BCUT2D eigenvalue weighted by Gasteiger charge is 2.15. The molecule has 1 aromatic heterocycles. The molecule has 3 rings (SSSR count). The molecule has 0 aliphatic carbocycles. The van der Waals surface area contributed by atoms with E-state index in [1.807, 2.05) is 6.07 Å². The fourth-order valence-corrected chi connectivity index (χ4v) is 4.29. The summed E-state index contributed by atoms with van der Waals surface area (Å²) in [4.78, 5) is 4.01. The molecule has 0 spiro atoms. The molecule has 4 N–H and O–H groups in total. The first-order chi connectivity index (χ1) is 13.3. The molecule has 0 amide bonds. The molecular weight excluding hydrogens is 441 g/mol. The second-order valence-electron chi connectivity index (χ2n) is 5.55. The van der Waals surface area contributed by atoms with E-state index >= 15 is 0 Å². The van der Waals surface area contributed by atoms with Crippen LogP contribution in [0.25, 0.3) is 0 Å². The van der Waals surface area contributed by atoms with Crippen LogP contribution < -0.4 is 15.9 Å². The first kappa shape index (κ1) is 20.4. The van der Waals surface area contributed by atoms with Crippen molar-refractivity contribution in [3.63, 3.8) is 0 Å². The molecule has 11 heteroatoms. The van der Waals surface area contributed by atoms with Crippen LogP contribution in [0.15, 0.2) is 64.0 Å². The molecule has 28 heavy (non-hydrogen) atoms. The summed E-state index contributed by atoms with van der Waals surface area (Å²) in [6.45, 7) is 0.405. The number of halogens is 2.